The number of rotatable bonds is 6. The quantitative estimate of drug-likeness (QED) is 0.794. The van der Waals surface area contributed by atoms with Crippen LogP contribution in [0.15, 0.2) is 22.7 Å². The molecule has 0 radical (unpaired) electrons. The number of methoxy groups -OCH3 is 1. The van der Waals surface area contributed by atoms with Gasteiger partial charge in [-0.25, -0.2) is 0 Å². The maximum Gasteiger partial charge on any atom is 0.119 e. The average Bonchev–Trinajstić information content (AvgIpc) is 3.14. The van der Waals surface area contributed by atoms with E-state index in [2.05, 4.69) is 39.9 Å². The molecule has 1 aliphatic carbocycles. The van der Waals surface area contributed by atoms with E-state index in [1.807, 2.05) is 6.07 Å². The highest BCUT2D eigenvalue weighted by molar-refractivity contribution is 9.10. The summed E-state index contributed by atoms with van der Waals surface area (Å²) in [7, 11) is 1.72. The number of hydrogen-bond acceptors (Lipinski definition) is 2. The van der Waals surface area contributed by atoms with E-state index in [0.717, 1.165) is 24.8 Å². The maximum atomic E-state index is 5.28. The van der Waals surface area contributed by atoms with Gasteiger partial charge in [-0.2, -0.15) is 0 Å². The van der Waals surface area contributed by atoms with E-state index in [9.17, 15) is 0 Å². The molecule has 0 heterocycles. The van der Waals surface area contributed by atoms with Gasteiger partial charge in [0.1, 0.15) is 5.75 Å². The lowest BCUT2D eigenvalue weighted by Gasteiger charge is -2.21. The molecule has 1 aromatic carbocycles. The number of hydrogen-bond donors (Lipinski definition) is 0. The van der Waals surface area contributed by atoms with Crippen LogP contribution in [-0.4, -0.2) is 25.1 Å². The fourth-order valence-electron chi connectivity index (χ4n) is 2.01. The van der Waals surface area contributed by atoms with Crippen molar-refractivity contribution in [1.29, 1.82) is 0 Å². The highest BCUT2D eigenvalue weighted by atomic mass is 79.9. The first-order valence-corrected chi connectivity index (χ1v) is 7.07. The monoisotopic (exact) mass is 297 g/mol. The van der Waals surface area contributed by atoms with Gasteiger partial charge >= 0.3 is 0 Å². The minimum Gasteiger partial charge on any atom is -0.497 e. The third-order valence-corrected chi connectivity index (χ3v) is 4.08. The van der Waals surface area contributed by atoms with Crippen LogP contribution in [0, 0.1) is 5.92 Å². The molecule has 1 saturated carbocycles. The molecule has 0 N–H and O–H groups in total. The van der Waals surface area contributed by atoms with E-state index >= 15 is 0 Å². The second kappa shape index (κ2) is 5.87. The summed E-state index contributed by atoms with van der Waals surface area (Å²) in [6.07, 6.45) is 2.82. The molecule has 0 atom stereocenters. The highest BCUT2D eigenvalue weighted by Gasteiger charge is 2.23. The Hall–Kier alpha value is -0.540. The van der Waals surface area contributed by atoms with Crippen LogP contribution in [0.5, 0.6) is 5.75 Å². The van der Waals surface area contributed by atoms with Crippen molar-refractivity contribution in [2.24, 2.45) is 5.92 Å². The standard InChI is InChI=1S/C14H20BrNO/c1-3-16(9-11-4-5-11)10-12-8-13(17-2)6-7-14(12)15/h6-8,11H,3-5,9-10H2,1-2H3. The Morgan fingerprint density at radius 3 is 2.76 bits per heavy atom. The molecular weight excluding hydrogens is 278 g/mol. The van der Waals surface area contributed by atoms with Gasteiger partial charge in [0.05, 0.1) is 7.11 Å². The molecule has 2 nitrogen and oxygen atoms in total. The van der Waals surface area contributed by atoms with Gasteiger partial charge in [-0.15, -0.1) is 0 Å². The van der Waals surface area contributed by atoms with Gasteiger partial charge in [-0.1, -0.05) is 22.9 Å². The fourth-order valence-corrected chi connectivity index (χ4v) is 2.38. The molecule has 0 aliphatic heterocycles. The third kappa shape index (κ3) is 3.71. The molecule has 94 valence electrons. The molecule has 0 bridgehead atoms. The Balaban J connectivity index is 2.03. The maximum absolute atomic E-state index is 5.28. The first-order valence-electron chi connectivity index (χ1n) is 6.27. The van der Waals surface area contributed by atoms with Crippen LogP contribution in [0.4, 0.5) is 0 Å². The fraction of sp³-hybridized carbons (Fsp3) is 0.571. The van der Waals surface area contributed by atoms with Crippen LogP contribution < -0.4 is 4.74 Å². The molecule has 0 unspecified atom stereocenters. The lowest BCUT2D eigenvalue weighted by atomic mass is 10.2. The first-order chi connectivity index (χ1) is 8.22. The van der Waals surface area contributed by atoms with Crippen molar-refractivity contribution in [1.82, 2.24) is 4.90 Å². The van der Waals surface area contributed by atoms with Gasteiger partial charge in [0.25, 0.3) is 0 Å². The summed E-state index contributed by atoms with van der Waals surface area (Å²) >= 11 is 3.62. The Labute approximate surface area is 112 Å². The van der Waals surface area contributed by atoms with E-state index in [-0.39, 0.29) is 0 Å². The van der Waals surface area contributed by atoms with Crippen LogP contribution in [0.25, 0.3) is 0 Å². The van der Waals surface area contributed by atoms with Gasteiger partial charge in [0.2, 0.25) is 0 Å². The van der Waals surface area contributed by atoms with Gasteiger partial charge in [-0.05, 0) is 49.1 Å². The largest absolute Gasteiger partial charge is 0.497 e. The van der Waals surface area contributed by atoms with Gasteiger partial charge < -0.3 is 4.74 Å². The molecule has 0 saturated heterocycles. The van der Waals surface area contributed by atoms with E-state index in [4.69, 9.17) is 4.74 Å². The van der Waals surface area contributed by atoms with E-state index in [0.29, 0.717) is 0 Å². The van der Waals surface area contributed by atoms with Crippen molar-refractivity contribution < 1.29 is 4.74 Å². The molecule has 0 aromatic heterocycles. The van der Waals surface area contributed by atoms with Gasteiger partial charge in [-0.3, -0.25) is 4.90 Å². The summed E-state index contributed by atoms with van der Waals surface area (Å²) in [4.78, 5) is 2.51. The minimum absolute atomic E-state index is 0.936. The molecule has 0 spiro atoms. The zero-order valence-corrected chi connectivity index (χ0v) is 12.2. The summed E-state index contributed by atoms with van der Waals surface area (Å²) < 4.78 is 6.45. The first kappa shape index (κ1) is 12.9. The van der Waals surface area contributed by atoms with E-state index in [1.165, 1.54) is 29.4 Å². The Bertz CT molecular complexity index is 376. The number of ether oxygens (including phenoxy) is 1. The summed E-state index contributed by atoms with van der Waals surface area (Å²) in [5.74, 6) is 1.88. The number of halogens is 1. The molecule has 1 fully saturated rings. The van der Waals surface area contributed by atoms with Crippen molar-refractivity contribution >= 4 is 15.9 Å². The van der Waals surface area contributed by atoms with Crippen LogP contribution in [0.3, 0.4) is 0 Å². The topological polar surface area (TPSA) is 12.5 Å². The molecule has 1 aromatic rings. The Morgan fingerprint density at radius 2 is 2.18 bits per heavy atom. The van der Waals surface area contributed by atoms with E-state index < -0.39 is 0 Å². The molecule has 2 rings (SSSR count). The SMILES string of the molecule is CCN(Cc1cc(OC)ccc1Br)CC1CC1. The number of nitrogens with zero attached hydrogens (tertiary/aromatic N) is 1. The summed E-state index contributed by atoms with van der Waals surface area (Å²) in [5, 5.41) is 0. The van der Waals surface area contributed by atoms with Crippen LogP contribution in [0.1, 0.15) is 25.3 Å². The van der Waals surface area contributed by atoms with Crippen LogP contribution in [-0.2, 0) is 6.54 Å². The molecule has 1 aliphatic rings. The van der Waals surface area contributed by atoms with Crippen molar-refractivity contribution in [3.05, 3.63) is 28.2 Å². The highest BCUT2D eigenvalue weighted by Crippen LogP contribution is 2.31. The Kier molecular flexibility index (Phi) is 4.46. The van der Waals surface area contributed by atoms with Crippen molar-refractivity contribution in [3.63, 3.8) is 0 Å². The normalized spacial score (nSPS) is 15.3. The third-order valence-electron chi connectivity index (χ3n) is 3.31. The molecular formula is C14H20BrNO. The molecule has 17 heavy (non-hydrogen) atoms. The predicted octanol–water partition coefficient (Wildman–Crippen LogP) is 3.69. The summed E-state index contributed by atoms with van der Waals surface area (Å²) in [5.41, 5.74) is 1.31. The van der Waals surface area contributed by atoms with Crippen molar-refractivity contribution in [3.8, 4) is 5.75 Å². The summed E-state index contributed by atoms with van der Waals surface area (Å²) in [6.45, 7) is 5.58. The lowest BCUT2D eigenvalue weighted by molar-refractivity contribution is 0.267. The number of benzene rings is 1. The van der Waals surface area contributed by atoms with E-state index in [1.54, 1.807) is 7.11 Å². The zero-order valence-electron chi connectivity index (χ0n) is 10.6. The minimum atomic E-state index is 0.936. The smallest absolute Gasteiger partial charge is 0.119 e. The molecule has 0 amide bonds. The lowest BCUT2D eigenvalue weighted by Crippen LogP contribution is -2.25. The van der Waals surface area contributed by atoms with Crippen LogP contribution >= 0.6 is 15.9 Å². The van der Waals surface area contributed by atoms with Crippen molar-refractivity contribution in [2.75, 3.05) is 20.2 Å². The van der Waals surface area contributed by atoms with Gasteiger partial charge in [0.15, 0.2) is 0 Å². The summed E-state index contributed by atoms with van der Waals surface area (Å²) in [6, 6.07) is 6.18. The second-order valence-electron chi connectivity index (χ2n) is 4.73. The van der Waals surface area contributed by atoms with Gasteiger partial charge in [0, 0.05) is 17.6 Å². The predicted molar refractivity (Wildman–Crippen MR) is 74.4 cm³/mol. The molecule has 3 heteroatoms. The second-order valence-corrected chi connectivity index (χ2v) is 5.58. The zero-order chi connectivity index (χ0) is 12.3. The van der Waals surface area contributed by atoms with Crippen LogP contribution in [0.2, 0.25) is 0 Å². The Morgan fingerprint density at radius 1 is 1.41 bits per heavy atom. The van der Waals surface area contributed by atoms with Crippen molar-refractivity contribution in [2.45, 2.75) is 26.3 Å². The average molecular weight is 298 g/mol.